The fourth-order valence-corrected chi connectivity index (χ4v) is 2.97. The fraction of sp³-hybridized carbons (Fsp3) is 0.211. The lowest BCUT2D eigenvalue weighted by Crippen LogP contribution is -2.00. The number of fused-ring (bicyclic) bond motifs is 1. The third-order valence-corrected chi connectivity index (χ3v) is 4.17. The Morgan fingerprint density at radius 3 is 2.27 bits per heavy atom. The number of rotatable bonds is 3. The Kier molecular flexibility index (Phi) is 3.49. The summed E-state index contributed by atoms with van der Waals surface area (Å²) in [6.45, 7) is 4.29. The molecule has 0 unspecified atom stereocenters. The summed E-state index contributed by atoms with van der Waals surface area (Å²) in [6.07, 6.45) is 0. The summed E-state index contributed by atoms with van der Waals surface area (Å²) in [6, 6.07) is 15.8. The van der Waals surface area contributed by atoms with Gasteiger partial charge in [0.25, 0.3) is 0 Å². The Balaban J connectivity index is 2.28. The Labute approximate surface area is 129 Å². The first-order chi connectivity index (χ1) is 10.5. The first-order valence-electron chi connectivity index (χ1n) is 7.41. The van der Waals surface area contributed by atoms with Crippen LogP contribution >= 0.6 is 0 Å². The van der Waals surface area contributed by atoms with Crippen LogP contribution in [0, 0.1) is 0 Å². The van der Waals surface area contributed by atoms with E-state index in [-0.39, 0.29) is 0 Å². The minimum Gasteiger partial charge on any atom is -0.478 e. The molecule has 22 heavy (non-hydrogen) atoms. The molecule has 1 N–H and O–H groups in total. The van der Waals surface area contributed by atoms with Gasteiger partial charge in [-0.2, -0.15) is 0 Å². The van der Waals surface area contributed by atoms with Gasteiger partial charge in [-0.05, 0) is 23.1 Å². The number of para-hydroxylation sites is 1. The predicted molar refractivity (Wildman–Crippen MR) is 89.4 cm³/mol. The van der Waals surface area contributed by atoms with E-state index >= 15 is 0 Å². The number of nitrogens with zero attached hydrogens (tertiary/aromatic N) is 1. The third kappa shape index (κ3) is 2.19. The highest BCUT2D eigenvalue weighted by molar-refractivity contribution is 6.09. The standard InChI is InChI=1S/C19H19NO2/c1-12(2)13-8-10-14(11-9-13)18-17(19(21)22)15-6-4-5-7-16(15)20(18)3/h4-12H,1-3H3,(H,21,22). The number of aromatic carboxylic acids is 1. The molecule has 2 aromatic carbocycles. The van der Waals surface area contributed by atoms with Crippen molar-refractivity contribution < 1.29 is 9.90 Å². The minimum absolute atomic E-state index is 0.371. The number of carboxylic acid groups (broad SMARTS) is 1. The lowest BCUT2D eigenvalue weighted by molar-refractivity contribution is 0.0699. The minimum atomic E-state index is -0.889. The zero-order valence-corrected chi connectivity index (χ0v) is 13.0. The lowest BCUT2D eigenvalue weighted by atomic mass is 9.99. The summed E-state index contributed by atoms with van der Waals surface area (Å²) in [5, 5.41) is 10.4. The topological polar surface area (TPSA) is 42.2 Å². The van der Waals surface area contributed by atoms with Crippen molar-refractivity contribution in [1.82, 2.24) is 4.57 Å². The van der Waals surface area contributed by atoms with Crippen LogP contribution in [0.25, 0.3) is 22.2 Å². The quantitative estimate of drug-likeness (QED) is 0.762. The maximum absolute atomic E-state index is 11.8. The SMILES string of the molecule is CC(C)c1ccc(-c2c(C(=O)O)c3ccccc3n2C)cc1. The molecule has 0 bridgehead atoms. The van der Waals surface area contributed by atoms with Crippen LogP contribution in [-0.4, -0.2) is 15.6 Å². The highest BCUT2D eigenvalue weighted by Crippen LogP contribution is 2.33. The predicted octanol–water partition coefficient (Wildman–Crippen LogP) is 4.67. The summed E-state index contributed by atoms with van der Waals surface area (Å²) in [4.78, 5) is 11.8. The van der Waals surface area contributed by atoms with Crippen molar-refractivity contribution in [2.45, 2.75) is 19.8 Å². The number of carbonyl (C=O) groups is 1. The van der Waals surface area contributed by atoms with Gasteiger partial charge in [-0.15, -0.1) is 0 Å². The van der Waals surface area contributed by atoms with E-state index in [0.717, 1.165) is 22.2 Å². The molecule has 3 rings (SSSR count). The van der Waals surface area contributed by atoms with Crippen molar-refractivity contribution in [3.63, 3.8) is 0 Å². The second-order valence-electron chi connectivity index (χ2n) is 5.88. The summed E-state index contributed by atoms with van der Waals surface area (Å²) < 4.78 is 1.96. The van der Waals surface area contributed by atoms with Gasteiger partial charge in [0, 0.05) is 18.0 Å². The van der Waals surface area contributed by atoms with Gasteiger partial charge in [0.1, 0.15) is 0 Å². The molecule has 0 amide bonds. The molecule has 0 fully saturated rings. The number of aryl methyl sites for hydroxylation is 1. The van der Waals surface area contributed by atoms with Crippen LogP contribution in [0.5, 0.6) is 0 Å². The van der Waals surface area contributed by atoms with Crippen LogP contribution in [-0.2, 0) is 7.05 Å². The second kappa shape index (κ2) is 5.34. The van der Waals surface area contributed by atoms with Crippen molar-refractivity contribution in [1.29, 1.82) is 0 Å². The first kappa shape index (κ1) is 14.4. The molecule has 0 aliphatic rings. The number of aromatic nitrogens is 1. The molecule has 0 saturated heterocycles. The third-order valence-electron chi connectivity index (χ3n) is 4.17. The highest BCUT2D eigenvalue weighted by atomic mass is 16.4. The molecule has 0 radical (unpaired) electrons. The Hall–Kier alpha value is -2.55. The maximum Gasteiger partial charge on any atom is 0.338 e. The molecule has 3 nitrogen and oxygen atoms in total. The Morgan fingerprint density at radius 2 is 1.68 bits per heavy atom. The highest BCUT2D eigenvalue weighted by Gasteiger charge is 2.21. The number of carboxylic acids is 1. The first-order valence-corrected chi connectivity index (χ1v) is 7.41. The monoisotopic (exact) mass is 293 g/mol. The van der Waals surface area contributed by atoms with Crippen molar-refractivity contribution in [2.75, 3.05) is 0 Å². The van der Waals surface area contributed by atoms with Crippen molar-refractivity contribution in [2.24, 2.45) is 7.05 Å². The number of hydrogen-bond donors (Lipinski definition) is 1. The van der Waals surface area contributed by atoms with E-state index in [9.17, 15) is 9.90 Å². The molecule has 112 valence electrons. The largest absolute Gasteiger partial charge is 0.478 e. The summed E-state index contributed by atoms with van der Waals surface area (Å²) >= 11 is 0. The average Bonchev–Trinajstić information content (AvgIpc) is 2.81. The van der Waals surface area contributed by atoms with Gasteiger partial charge in [-0.1, -0.05) is 56.3 Å². The average molecular weight is 293 g/mol. The number of hydrogen-bond acceptors (Lipinski definition) is 1. The van der Waals surface area contributed by atoms with E-state index in [0.29, 0.717) is 11.5 Å². The van der Waals surface area contributed by atoms with Gasteiger partial charge in [0.15, 0.2) is 0 Å². The molecule has 3 heteroatoms. The lowest BCUT2D eigenvalue weighted by Gasteiger charge is -2.09. The number of benzene rings is 2. The van der Waals surface area contributed by atoms with Crippen LogP contribution in [0.2, 0.25) is 0 Å². The fourth-order valence-electron chi connectivity index (χ4n) is 2.97. The van der Waals surface area contributed by atoms with E-state index < -0.39 is 5.97 Å². The van der Waals surface area contributed by atoms with Gasteiger partial charge in [0.05, 0.1) is 11.3 Å². The van der Waals surface area contributed by atoms with E-state index in [1.54, 1.807) is 0 Å². The van der Waals surface area contributed by atoms with Crippen LogP contribution in [0.15, 0.2) is 48.5 Å². The molecule has 0 spiro atoms. The molecule has 0 atom stereocenters. The van der Waals surface area contributed by atoms with Gasteiger partial charge >= 0.3 is 5.97 Å². The second-order valence-corrected chi connectivity index (χ2v) is 5.88. The molecule has 0 aliphatic heterocycles. The zero-order valence-electron chi connectivity index (χ0n) is 13.0. The van der Waals surface area contributed by atoms with Crippen LogP contribution in [0.1, 0.15) is 35.7 Å². The Morgan fingerprint density at radius 1 is 1.05 bits per heavy atom. The van der Waals surface area contributed by atoms with Crippen LogP contribution < -0.4 is 0 Å². The molecule has 1 aromatic heterocycles. The zero-order chi connectivity index (χ0) is 15.9. The summed E-state index contributed by atoms with van der Waals surface area (Å²) in [5.41, 5.74) is 4.24. The van der Waals surface area contributed by atoms with Crippen molar-refractivity contribution in [3.05, 3.63) is 59.7 Å². The van der Waals surface area contributed by atoms with Gasteiger partial charge in [-0.25, -0.2) is 4.79 Å². The summed E-state index contributed by atoms with van der Waals surface area (Å²) in [7, 11) is 1.92. The van der Waals surface area contributed by atoms with E-state index in [1.165, 1.54) is 5.56 Å². The molecular formula is C19H19NO2. The molecule has 1 heterocycles. The summed E-state index contributed by atoms with van der Waals surface area (Å²) in [5.74, 6) is -0.430. The van der Waals surface area contributed by atoms with Crippen molar-refractivity contribution >= 4 is 16.9 Å². The maximum atomic E-state index is 11.8. The molecular weight excluding hydrogens is 274 g/mol. The smallest absolute Gasteiger partial charge is 0.338 e. The van der Waals surface area contributed by atoms with E-state index in [2.05, 4.69) is 26.0 Å². The molecule has 3 aromatic rings. The van der Waals surface area contributed by atoms with Crippen LogP contribution in [0.3, 0.4) is 0 Å². The Bertz CT molecular complexity index is 842. The van der Waals surface area contributed by atoms with E-state index in [1.807, 2.05) is 48.0 Å². The normalized spacial score (nSPS) is 11.3. The molecule has 0 saturated carbocycles. The van der Waals surface area contributed by atoms with Crippen molar-refractivity contribution in [3.8, 4) is 11.3 Å². The van der Waals surface area contributed by atoms with Gasteiger partial charge in [0.2, 0.25) is 0 Å². The van der Waals surface area contributed by atoms with E-state index in [4.69, 9.17) is 0 Å². The van der Waals surface area contributed by atoms with Crippen LogP contribution in [0.4, 0.5) is 0 Å². The molecule has 0 aliphatic carbocycles. The van der Waals surface area contributed by atoms with Gasteiger partial charge < -0.3 is 9.67 Å². The van der Waals surface area contributed by atoms with Gasteiger partial charge in [-0.3, -0.25) is 0 Å².